The molecule has 2 aromatic rings. The fourth-order valence-corrected chi connectivity index (χ4v) is 2.33. The molecule has 3 rings (SSSR count). The number of ketones is 1. The minimum atomic E-state index is -0.539. The lowest BCUT2D eigenvalue weighted by Gasteiger charge is -2.06. The summed E-state index contributed by atoms with van der Waals surface area (Å²) in [5.74, 6) is -0.682. The first-order valence-electron chi connectivity index (χ1n) is 7.80. The van der Waals surface area contributed by atoms with E-state index in [-0.39, 0.29) is 36.1 Å². The van der Waals surface area contributed by atoms with E-state index in [0.717, 1.165) is 0 Å². The van der Waals surface area contributed by atoms with Crippen LogP contribution in [0.15, 0.2) is 60.9 Å². The fourth-order valence-electron chi connectivity index (χ4n) is 2.33. The maximum Gasteiger partial charge on any atom is 0.344 e. The molecular formula is C20H15FO5. The Balaban J connectivity index is 1.73. The summed E-state index contributed by atoms with van der Waals surface area (Å²) in [7, 11) is 0. The van der Waals surface area contributed by atoms with E-state index in [0.29, 0.717) is 11.3 Å². The van der Waals surface area contributed by atoms with E-state index in [1.807, 2.05) is 0 Å². The van der Waals surface area contributed by atoms with Crippen LogP contribution in [0.5, 0.6) is 11.5 Å². The summed E-state index contributed by atoms with van der Waals surface area (Å²) >= 11 is 0. The van der Waals surface area contributed by atoms with Gasteiger partial charge in [0, 0.05) is 11.6 Å². The standard InChI is InChI=1S/C20H15FO5/c1-2-9-24-19(22)12-25-14-7-8-15-17(11-14)26-18(20(15)23)10-13-5-3-4-6-16(13)21/h2-8,10-11H,1,9,12H2. The Morgan fingerprint density at radius 1 is 1.23 bits per heavy atom. The number of carbonyl (C=O) groups excluding carboxylic acids is 2. The number of hydrogen-bond donors (Lipinski definition) is 0. The third-order valence-corrected chi connectivity index (χ3v) is 3.55. The van der Waals surface area contributed by atoms with Gasteiger partial charge in [-0.2, -0.15) is 0 Å². The van der Waals surface area contributed by atoms with Crippen LogP contribution in [0.4, 0.5) is 4.39 Å². The first-order chi connectivity index (χ1) is 12.6. The smallest absolute Gasteiger partial charge is 0.344 e. The molecule has 0 amide bonds. The summed E-state index contributed by atoms with van der Waals surface area (Å²) in [5, 5.41) is 0. The minimum absolute atomic E-state index is 0.0210. The summed E-state index contributed by atoms with van der Waals surface area (Å²) in [6, 6.07) is 10.7. The zero-order valence-corrected chi connectivity index (χ0v) is 13.7. The third kappa shape index (κ3) is 3.80. The summed E-state index contributed by atoms with van der Waals surface area (Å²) in [6.07, 6.45) is 2.81. The molecule has 0 bridgehead atoms. The third-order valence-electron chi connectivity index (χ3n) is 3.55. The van der Waals surface area contributed by atoms with Crippen molar-refractivity contribution < 1.29 is 28.2 Å². The molecule has 0 saturated carbocycles. The second-order valence-electron chi connectivity index (χ2n) is 5.38. The Hall–Kier alpha value is -3.41. The average molecular weight is 354 g/mol. The second kappa shape index (κ2) is 7.65. The van der Waals surface area contributed by atoms with E-state index in [1.165, 1.54) is 30.4 Å². The lowest BCUT2D eigenvalue weighted by molar-refractivity contribution is -0.144. The van der Waals surface area contributed by atoms with Crippen molar-refractivity contribution in [2.45, 2.75) is 0 Å². The molecule has 0 N–H and O–H groups in total. The number of esters is 1. The van der Waals surface area contributed by atoms with E-state index in [4.69, 9.17) is 14.2 Å². The van der Waals surface area contributed by atoms with Crippen LogP contribution in [0.25, 0.3) is 6.08 Å². The van der Waals surface area contributed by atoms with Gasteiger partial charge in [-0.1, -0.05) is 30.9 Å². The van der Waals surface area contributed by atoms with Gasteiger partial charge in [0.2, 0.25) is 5.78 Å². The van der Waals surface area contributed by atoms with Crippen LogP contribution in [0.3, 0.4) is 0 Å². The topological polar surface area (TPSA) is 61.8 Å². The van der Waals surface area contributed by atoms with Crippen molar-refractivity contribution in [1.29, 1.82) is 0 Å². The summed E-state index contributed by atoms with van der Waals surface area (Å²) in [6.45, 7) is 3.27. The second-order valence-corrected chi connectivity index (χ2v) is 5.38. The Labute approximate surface area is 149 Å². The number of ether oxygens (including phenoxy) is 3. The molecule has 1 aliphatic rings. The van der Waals surface area contributed by atoms with Gasteiger partial charge in [0.05, 0.1) is 5.56 Å². The van der Waals surface area contributed by atoms with Gasteiger partial charge >= 0.3 is 5.97 Å². The highest BCUT2D eigenvalue weighted by atomic mass is 19.1. The normalized spacial score (nSPS) is 13.9. The van der Waals surface area contributed by atoms with Crippen molar-refractivity contribution in [3.63, 3.8) is 0 Å². The number of carbonyl (C=O) groups is 2. The monoisotopic (exact) mass is 354 g/mol. The van der Waals surface area contributed by atoms with Gasteiger partial charge in [0.15, 0.2) is 12.4 Å². The van der Waals surface area contributed by atoms with Gasteiger partial charge in [-0.25, -0.2) is 9.18 Å². The molecule has 0 spiro atoms. The number of halogens is 1. The Morgan fingerprint density at radius 3 is 2.81 bits per heavy atom. The van der Waals surface area contributed by atoms with Crippen LogP contribution in [0, 0.1) is 5.82 Å². The molecule has 1 heterocycles. The molecule has 2 aromatic carbocycles. The predicted molar refractivity (Wildman–Crippen MR) is 92.4 cm³/mol. The summed E-state index contributed by atoms with van der Waals surface area (Å²) in [5.41, 5.74) is 0.597. The van der Waals surface area contributed by atoms with E-state index < -0.39 is 11.8 Å². The molecule has 132 valence electrons. The molecule has 0 atom stereocenters. The van der Waals surface area contributed by atoms with Crippen LogP contribution in [0.2, 0.25) is 0 Å². The average Bonchev–Trinajstić information content (AvgIpc) is 2.95. The molecule has 26 heavy (non-hydrogen) atoms. The molecule has 5 nitrogen and oxygen atoms in total. The summed E-state index contributed by atoms with van der Waals surface area (Å²) in [4.78, 5) is 23.8. The molecule has 0 radical (unpaired) electrons. The number of allylic oxidation sites excluding steroid dienone is 1. The number of benzene rings is 2. The first kappa shape index (κ1) is 17.4. The Morgan fingerprint density at radius 2 is 2.04 bits per heavy atom. The molecule has 0 aromatic heterocycles. The summed E-state index contributed by atoms with van der Waals surface area (Å²) < 4.78 is 29.4. The SMILES string of the molecule is C=CCOC(=O)COc1ccc2c(c1)OC(=Cc1ccccc1F)C2=O. The molecule has 0 unspecified atom stereocenters. The zero-order valence-electron chi connectivity index (χ0n) is 13.7. The number of rotatable bonds is 6. The van der Waals surface area contributed by atoms with Gasteiger partial charge in [-0.05, 0) is 24.3 Å². The molecule has 0 aliphatic carbocycles. The lowest BCUT2D eigenvalue weighted by atomic mass is 10.1. The van der Waals surface area contributed by atoms with Crippen molar-refractivity contribution in [2.24, 2.45) is 0 Å². The van der Waals surface area contributed by atoms with Crippen LogP contribution in [-0.2, 0) is 9.53 Å². The Kier molecular flexibility index (Phi) is 5.12. The van der Waals surface area contributed by atoms with Crippen molar-refractivity contribution >= 4 is 17.8 Å². The van der Waals surface area contributed by atoms with E-state index in [1.54, 1.807) is 24.3 Å². The first-order valence-corrected chi connectivity index (χ1v) is 7.80. The number of Topliss-reactive ketones (excluding diaryl/α,β-unsaturated/α-hetero) is 1. The van der Waals surface area contributed by atoms with Gasteiger partial charge in [0.25, 0.3) is 0 Å². The fraction of sp³-hybridized carbons (Fsp3) is 0.100. The van der Waals surface area contributed by atoms with E-state index in [2.05, 4.69) is 6.58 Å². The largest absolute Gasteiger partial charge is 0.482 e. The maximum atomic E-state index is 13.7. The molecule has 0 saturated heterocycles. The van der Waals surface area contributed by atoms with Crippen LogP contribution < -0.4 is 9.47 Å². The molecule has 6 heteroatoms. The molecular weight excluding hydrogens is 339 g/mol. The highest BCUT2D eigenvalue weighted by Gasteiger charge is 2.28. The van der Waals surface area contributed by atoms with Gasteiger partial charge in [-0.3, -0.25) is 4.79 Å². The minimum Gasteiger partial charge on any atom is -0.482 e. The zero-order chi connectivity index (χ0) is 18.5. The van der Waals surface area contributed by atoms with Crippen LogP contribution >= 0.6 is 0 Å². The van der Waals surface area contributed by atoms with Gasteiger partial charge in [0.1, 0.15) is 23.9 Å². The van der Waals surface area contributed by atoms with Gasteiger partial charge < -0.3 is 14.2 Å². The molecule has 1 aliphatic heterocycles. The van der Waals surface area contributed by atoms with Crippen molar-refractivity contribution in [2.75, 3.05) is 13.2 Å². The van der Waals surface area contributed by atoms with Crippen molar-refractivity contribution in [1.82, 2.24) is 0 Å². The number of fused-ring (bicyclic) bond motifs is 1. The van der Waals surface area contributed by atoms with Gasteiger partial charge in [-0.15, -0.1) is 0 Å². The highest BCUT2D eigenvalue weighted by molar-refractivity contribution is 6.14. The lowest BCUT2D eigenvalue weighted by Crippen LogP contribution is -2.14. The highest BCUT2D eigenvalue weighted by Crippen LogP contribution is 2.35. The van der Waals surface area contributed by atoms with Crippen molar-refractivity contribution in [3.8, 4) is 11.5 Å². The quantitative estimate of drug-likeness (QED) is 0.451. The van der Waals surface area contributed by atoms with E-state index >= 15 is 0 Å². The predicted octanol–water partition coefficient (Wildman–Crippen LogP) is 3.55. The van der Waals surface area contributed by atoms with E-state index in [9.17, 15) is 14.0 Å². The molecule has 0 fully saturated rings. The van der Waals surface area contributed by atoms with Crippen molar-refractivity contribution in [3.05, 3.63) is 77.8 Å². The Bertz CT molecular complexity index is 901. The van der Waals surface area contributed by atoms with Crippen LogP contribution in [-0.4, -0.2) is 25.0 Å². The number of hydrogen-bond acceptors (Lipinski definition) is 5. The maximum absolute atomic E-state index is 13.7. The van der Waals surface area contributed by atoms with Crippen LogP contribution in [0.1, 0.15) is 15.9 Å².